The average Bonchev–Trinajstić information content (AvgIpc) is 2.76. The smallest absolute Gasteiger partial charge is 0.326 e. The van der Waals surface area contributed by atoms with Crippen LogP contribution >= 0.6 is 0 Å². The van der Waals surface area contributed by atoms with Crippen molar-refractivity contribution in [1.29, 1.82) is 0 Å². The van der Waals surface area contributed by atoms with E-state index in [-0.39, 0.29) is 19.4 Å². The number of carbonyl (C=O) groups is 3. The summed E-state index contributed by atoms with van der Waals surface area (Å²) < 4.78 is 1.14. The second kappa shape index (κ2) is 6.27. The van der Waals surface area contributed by atoms with E-state index in [1.54, 1.807) is 0 Å². The molecule has 98 valence electrons. The molecule has 0 aliphatic rings. The van der Waals surface area contributed by atoms with Crippen molar-refractivity contribution in [3.63, 3.8) is 0 Å². The molecule has 0 aliphatic carbocycles. The molecule has 0 unspecified atom stereocenters. The van der Waals surface area contributed by atoms with Gasteiger partial charge in [-0.15, -0.1) is 5.10 Å². The predicted octanol–water partition coefficient (Wildman–Crippen LogP) is -2.49. The maximum Gasteiger partial charge on any atom is 0.326 e. The molecule has 10 nitrogen and oxygen atoms in total. The average molecular weight is 256 g/mol. The van der Waals surface area contributed by atoms with Gasteiger partial charge in [-0.3, -0.25) is 9.59 Å². The Labute approximate surface area is 101 Å². The van der Waals surface area contributed by atoms with E-state index in [0.717, 1.165) is 4.68 Å². The number of carbonyl (C=O) groups excluding carboxylic acids is 2. The molecule has 1 atom stereocenters. The van der Waals surface area contributed by atoms with Crippen LogP contribution in [0.25, 0.3) is 0 Å². The summed E-state index contributed by atoms with van der Waals surface area (Å²) in [6.45, 7) is -0.201. The number of tetrazole rings is 1. The normalized spacial score (nSPS) is 11.8. The van der Waals surface area contributed by atoms with Crippen molar-refractivity contribution < 1.29 is 19.5 Å². The predicted molar refractivity (Wildman–Crippen MR) is 55.8 cm³/mol. The van der Waals surface area contributed by atoms with Crippen LogP contribution in [0.2, 0.25) is 0 Å². The molecular weight excluding hydrogens is 244 g/mol. The third-order valence-corrected chi connectivity index (χ3v) is 2.01. The standard InChI is InChI=1S/C8H12N6O4/c9-6(15)2-1-5(8(17)18)11-7(16)3-14-4-10-12-13-14/h4-5H,1-3H2,(H2,9,15)(H,11,16)(H,17,18)/t5-/m0/s1. The Hall–Kier alpha value is -2.52. The number of hydrogen-bond donors (Lipinski definition) is 3. The molecule has 0 saturated heterocycles. The van der Waals surface area contributed by atoms with Crippen molar-refractivity contribution in [2.24, 2.45) is 5.73 Å². The van der Waals surface area contributed by atoms with Crippen LogP contribution in [0.3, 0.4) is 0 Å². The molecule has 10 heteroatoms. The van der Waals surface area contributed by atoms with Gasteiger partial charge in [-0.25, -0.2) is 9.48 Å². The Bertz CT molecular complexity index is 431. The number of primary amides is 1. The quantitative estimate of drug-likeness (QED) is 0.487. The minimum Gasteiger partial charge on any atom is -0.480 e. The lowest BCUT2D eigenvalue weighted by Crippen LogP contribution is -2.42. The van der Waals surface area contributed by atoms with Gasteiger partial charge in [-0.2, -0.15) is 0 Å². The molecule has 1 aromatic heterocycles. The Balaban J connectivity index is 2.47. The van der Waals surface area contributed by atoms with Crippen molar-refractivity contribution in [1.82, 2.24) is 25.5 Å². The summed E-state index contributed by atoms with van der Waals surface area (Å²) in [6, 6.07) is -1.17. The van der Waals surface area contributed by atoms with E-state index in [2.05, 4.69) is 20.8 Å². The van der Waals surface area contributed by atoms with E-state index in [1.165, 1.54) is 6.33 Å². The number of aromatic nitrogens is 4. The van der Waals surface area contributed by atoms with E-state index in [0.29, 0.717) is 0 Å². The number of nitrogens with one attached hydrogen (secondary N) is 1. The molecule has 0 fully saturated rings. The first kappa shape index (κ1) is 13.5. The molecule has 1 heterocycles. The minimum atomic E-state index is -1.23. The van der Waals surface area contributed by atoms with Crippen molar-refractivity contribution in [2.75, 3.05) is 0 Å². The Kier molecular flexibility index (Phi) is 4.72. The van der Waals surface area contributed by atoms with Gasteiger partial charge in [0.1, 0.15) is 18.9 Å². The van der Waals surface area contributed by atoms with Gasteiger partial charge in [0.2, 0.25) is 11.8 Å². The number of carboxylic acid groups (broad SMARTS) is 1. The Morgan fingerprint density at radius 1 is 1.44 bits per heavy atom. The minimum absolute atomic E-state index is 0.0635. The summed E-state index contributed by atoms with van der Waals surface area (Å²) in [4.78, 5) is 32.9. The summed E-state index contributed by atoms with van der Waals surface area (Å²) >= 11 is 0. The highest BCUT2D eigenvalue weighted by molar-refractivity contribution is 5.84. The van der Waals surface area contributed by atoms with Crippen molar-refractivity contribution in [3.8, 4) is 0 Å². The van der Waals surface area contributed by atoms with Gasteiger partial charge in [0.15, 0.2) is 0 Å². The fourth-order valence-corrected chi connectivity index (χ4v) is 1.18. The lowest BCUT2D eigenvalue weighted by atomic mass is 10.1. The van der Waals surface area contributed by atoms with E-state index in [9.17, 15) is 14.4 Å². The molecule has 1 aromatic rings. The molecule has 4 N–H and O–H groups in total. The molecule has 0 radical (unpaired) electrons. The number of amides is 2. The van der Waals surface area contributed by atoms with Gasteiger partial charge in [0.25, 0.3) is 0 Å². The van der Waals surface area contributed by atoms with Crippen LogP contribution in [0.1, 0.15) is 12.8 Å². The highest BCUT2D eigenvalue weighted by Crippen LogP contribution is 1.97. The molecule has 0 bridgehead atoms. The van der Waals surface area contributed by atoms with Gasteiger partial charge < -0.3 is 16.2 Å². The van der Waals surface area contributed by atoms with Crippen LogP contribution in [-0.4, -0.2) is 49.1 Å². The molecule has 18 heavy (non-hydrogen) atoms. The number of nitrogens with two attached hydrogens (primary N) is 1. The third kappa shape index (κ3) is 4.55. The number of aliphatic carboxylic acids is 1. The summed E-state index contributed by atoms with van der Waals surface area (Å²) in [5.41, 5.74) is 4.91. The fourth-order valence-electron chi connectivity index (χ4n) is 1.18. The van der Waals surface area contributed by atoms with E-state index in [4.69, 9.17) is 10.8 Å². The Morgan fingerprint density at radius 2 is 2.17 bits per heavy atom. The maximum absolute atomic E-state index is 11.5. The first-order valence-electron chi connectivity index (χ1n) is 5.00. The molecule has 2 amide bonds. The summed E-state index contributed by atoms with van der Waals surface area (Å²) in [6.07, 6.45) is 1.03. The van der Waals surface area contributed by atoms with Gasteiger partial charge in [-0.05, 0) is 16.8 Å². The summed E-state index contributed by atoms with van der Waals surface area (Å²) in [5, 5.41) is 21.2. The molecule has 0 spiro atoms. The fraction of sp³-hybridized carbons (Fsp3) is 0.500. The monoisotopic (exact) mass is 256 g/mol. The van der Waals surface area contributed by atoms with Gasteiger partial charge >= 0.3 is 5.97 Å². The highest BCUT2D eigenvalue weighted by atomic mass is 16.4. The third-order valence-electron chi connectivity index (χ3n) is 2.01. The maximum atomic E-state index is 11.5. The summed E-state index contributed by atoms with van der Waals surface area (Å²) in [5.74, 6) is -2.43. The lowest BCUT2D eigenvalue weighted by Gasteiger charge is -2.13. The number of hydrogen-bond acceptors (Lipinski definition) is 6. The van der Waals surface area contributed by atoms with E-state index < -0.39 is 23.8 Å². The van der Waals surface area contributed by atoms with Crippen LogP contribution < -0.4 is 11.1 Å². The zero-order valence-corrected chi connectivity index (χ0v) is 9.31. The Morgan fingerprint density at radius 3 is 2.67 bits per heavy atom. The zero-order valence-electron chi connectivity index (χ0n) is 9.31. The van der Waals surface area contributed by atoms with Crippen molar-refractivity contribution in [2.45, 2.75) is 25.4 Å². The molecule has 1 rings (SSSR count). The van der Waals surface area contributed by atoms with E-state index in [1.807, 2.05) is 0 Å². The molecular formula is C8H12N6O4. The van der Waals surface area contributed by atoms with Crippen molar-refractivity contribution in [3.05, 3.63) is 6.33 Å². The van der Waals surface area contributed by atoms with Crippen LogP contribution in [0.5, 0.6) is 0 Å². The molecule has 0 aliphatic heterocycles. The van der Waals surface area contributed by atoms with Gasteiger partial charge in [-0.1, -0.05) is 0 Å². The number of carboxylic acids is 1. The second-order valence-electron chi connectivity index (χ2n) is 3.47. The number of nitrogens with zero attached hydrogens (tertiary/aromatic N) is 4. The van der Waals surface area contributed by atoms with Crippen molar-refractivity contribution >= 4 is 17.8 Å². The second-order valence-corrected chi connectivity index (χ2v) is 3.47. The number of rotatable bonds is 7. The highest BCUT2D eigenvalue weighted by Gasteiger charge is 2.20. The van der Waals surface area contributed by atoms with Crippen LogP contribution in [0, 0.1) is 0 Å². The lowest BCUT2D eigenvalue weighted by molar-refractivity contribution is -0.142. The van der Waals surface area contributed by atoms with E-state index >= 15 is 0 Å². The van der Waals surface area contributed by atoms with Gasteiger partial charge in [0, 0.05) is 6.42 Å². The zero-order chi connectivity index (χ0) is 13.5. The largest absolute Gasteiger partial charge is 0.480 e. The van der Waals surface area contributed by atoms with Crippen LogP contribution in [-0.2, 0) is 20.9 Å². The molecule has 0 aromatic carbocycles. The first-order chi connectivity index (χ1) is 8.49. The molecule has 0 saturated carbocycles. The summed E-state index contributed by atoms with van der Waals surface area (Å²) in [7, 11) is 0. The first-order valence-corrected chi connectivity index (χ1v) is 5.00. The van der Waals surface area contributed by atoms with Crippen LogP contribution in [0.15, 0.2) is 6.33 Å². The van der Waals surface area contributed by atoms with Crippen LogP contribution in [0.4, 0.5) is 0 Å². The van der Waals surface area contributed by atoms with Gasteiger partial charge in [0.05, 0.1) is 0 Å². The SMILES string of the molecule is NC(=O)CC[C@H](NC(=O)Cn1cnnn1)C(=O)O. The topological polar surface area (TPSA) is 153 Å².